The smallest absolute Gasteiger partial charge is 0.221 e. The molecular weight excluding hydrogens is 210 g/mol. The highest BCUT2D eigenvalue weighted by atomic mass is 16.2. The zero-order chi connectivity index (χ0) is 12.3. The minimum absolute atomic E-state index is 0.0821. The Morgan fingerprint density at radius 1 is 1.25 bits per heavy atom. The van der Waals surface area contributed by atoms with Gasteiger partial charge in [-0.15, -0.1) is 0 Å². The quantitative estimate of drug-likeness (QED) is 0.681. The molecular formula is C11H15NO4. The average Bonchev–Trinajstić information content (AvgIpc) is 2.16. The van der Waals surface area contributed by atoms with Crippen molar-refractivity contribution in [2.45, 2.75) is 32.6 Å². The van der Waals surface area contributed by atoms with Gasteiger partial charge in [-0.25, -0.2) is 0 Å². The second-order valence-electron chi connectivity index (χ2n) is 4.09. The van der Waals surface area contributed by atoms with Crippen LogP contribution in [0.25, 0.3) is 0 Å². The summed E-state index contributed by atoms with van der Waals surface area (Å²) >= 11 is 0. The minimum Gasteiger partial charge on any atom is -0.369 e. The fraction of sp³-hybridized carbons (Fsp3) is 0.636. The maximum absolute atomic E-state index is 11.6. The molecule has 0 radical (unpaired) electrons. The molecule has 0 unspecified atom stereocenters. The van der Waals surface area contributed by atoms with E-state index in [0.29, 0.717) is 6.42 Å². The molecule has 1 saturated carbocycles. The molecule has 16 heavy (non-hydrogen) atoms. The van der Waals surface area contributed by atoms with E-state index in [1.165, 1.54) is 0 Å². The van der Waals surface area contributed by atoms with Gasteiger partial charge in [0.2, 0.25) is 5.91 Å². The summed E-state index contributed by atoms with van der Waals surface area (Å²) < 4.78 is 0. The van der Waals surface area contributed by atoms with Gasteiger partial charge in [0, 0.05) is 19.3 Å². The van der Waals surface area contributed by atoms with E-state index in [0.717, 1.165) is 0 Å². The molecule has 0 saturated heterocycles. The molecule has 5 heteroatoms. The first kappa shape index (κ1) is 12.5. The normalized spacial score (nSPS) is 25.6. The highest BCUT2D eigenvalue weighted by Crippen LogP contribution is 2.24. The van der Waals surface area contributed by atoms with E-state index in [9.17, 15) is 19.2 Å². The Labute approximate surface area is 93.4 Å². The number of carbonyl (C=O) groups is 4. The summed E-state index contributed by atoms with van der Waals surface area (Å²) in [4.78, 5) is 45.6. The number of nitrogens with two attached hydrogens (primary N) is 1. The maximum Gasteiger partial charge on any atom is 0.221 e. The lowest BCUT2D eigenvalue weighted by atomic mass is 9.77. The molecule has 1 rings (SSSR count). The van der Waals surface area contributed by atoms with Crippen molar-refractivity contribution in [2.24, 2.45) is 17.6 Å². The number of hydrogen-bond donors (Lipinski definition) is 1. The number of carbonyl (C=O) groups excluding carboxylic acids is 4. The van der Waals surface area contributed by atoms with Gasteiger partial charge in [-0.05, 0) is 6.42 Å². The maximum atomic E-state index is 11.6. The molecule has 0 aliphatic heterocycles. The predicted octanol–water partition coefficient (Wildman–Crippen LogP) is 0.00530. The zero-order valence-electron chi connectivity index (χ0n) is 9.19. The highest BCUT2D eigenvalue weighted by Gasteiger charge is 2.40. The Bertz CT molecular complexity index is 330. The van der Waals surface area contributed by atoms with Crippen molar-refractivity contribution in [3.63, 3.8) is 0 Å². The first-order valence-electron chi connectivity index (χ1n) is 5.34. The summed E-state index contributed by atoms with van der Waals surface area (Å²) in [5, 5.41) is 0. The van der Waals surface area contributed by atoms with Crippen molar-refractivity contribution in [1.82, 2.24) is 0 Å². The Kier molecular flexibility index (Phi) is 3.93. The average molecular weight is 225 g/mol. The van der Waals surface area contributed by atoms with Gasteiger partial charge in [-0.1, -0.05) is 6.92 Å². The second kappa shape index (κ2) is 5.01. The Hall–Kier alpha value is -1.52. The molecule has 1 amide bonds. The van der Waals surface area contributed by atoms with Gasteiger partial charge in [0.1, 0.15) is 5.92 Å². The third kappa shape index (κ3) is 2.53. The van der Waals surface area contributed by atoms with E-state index in [4.69, 9.17) is 5.73 Å². The van der Waals surface area contributed by atoms with Crippen LogP contribution < -0.4 is 5.73 Å². The molecule has 0 heterocycles. The van der Waals surface area contributed by atoms with Crippen LogP contribution in [0, 0.1) is 11.8 Å². The Morgan fingerprint density at radius 2 is 1.75 bits per heavy atom. The number of ketones is 3. The summed E-state index contributed by atoms with van der Waals surface area (Å²) in [5.41, 5.74) is 5.04. The van der Waals surface area contributed by atoms with Crippen LogP contribution in [0.2, 0.25) is 0 Å². The Balaban J connectivity index is 2.77. The molecule has 0 bridgehead atoms. The van der Waals surface area contributed by atoms with Crippen LogP contribution in [-0.2, 0) is 19.2 Å². The van der Waals surface area contributed by atoms with Crippen molar-refractivity contribution in [3.05, 3.63) is 0 Å². The number of rotatable bonds is 4. The van der Waals surface area contributed by atoms with Gasteiger partial charge in [0.25, 0.3) is 0 Å². The van der Waals surface area contributed by atoms with E-state index < -0.39 is 29.3 Å². The van der Waals surface area contributed by atoms with Gasteiger partial charge < -0.3 is 5.73 Å². The fourth-order valence-electron chi connectivity index (χ4n) is 1.92. The summed E-state index contributed by atoms with van der Waals surface area (Å²) in [7, 11) is 0. The van der Waals surface area contributed by atoms with Gasteiger partial charge in [-0.3, -0.25) is 19.2 Å². The second-order valence-corrected chi connectivity index (χ2v) is 4.09. The lowest BCUT2D eigenvalue weighted by Gasteiger charge is -2.23. The molecule has 0 aromatic rings. The van der Waals surface area contributed by atoms with Crippen LogP contribution in [0.5, 0.6) is 0 Å². The van der Waals surface area contributed by atoms with E-state index >= 15 is 0 Å². The summed E-state index contributed by atoms with van der Waals surface area (Å²) in [5.74, 6) is -3.78. The molecule has 88 valence electrons. The molecule has 5 nitrogen and oxygen atoms in total. The number of Topliss-reactive ketones (excluding diaryl/α,β-unsaturated/α-hetero) is 3. The van der Waals surface area contributed by atoms with Crippen molar-refractivity contribution < 1.29 is 19.2 Å². The van der Waals surface area contributed by atoms with E-state index in [1.54, 1.807) is 0 Å². The van der Waals surface area contributed by atoms with Crippen molar-refractivity contribution in [3.8, 4) is 0 Å². The lowest BCUT2D eigenvalue weighted by molar-refractivity contribution is -0.146. The topological polar surface area (TPSA) is 94.3 Å². The number of amides is 1. The third-order valence-electron chi connectivity index (χ3n) is 2.76. The van der Waals surface area contributed by atoms with Crippen molar-refractivity contribution >= 4 is 23.3 Å². The number of hydrogen-bond acceptors (Lipinski definition) is 4. The highest BCUT2D eigenvalue weighted by molar-refractivity contribution is 6.21. The fourth-order valence-corrected chi connectivity index (χ4v) is 1.92. The standard InChI is InChI=1S/C11H15NO4/c1-2-3-7(13)10-8(14)4-6(11(12)16)5-9(10)15/h6,10H,2-5H2,1H3,(H2,12,16). The summed E-state index contributed by atoms with van der Waals surface area (Å²) in [6.07, 6.45) is 0.668. The summed E-state index contributed by atoms with van der Waals surface area (Å²) in [6, 6.07) is 0. The molecule has 1 fully saturated rings. The first-order chi connectivity index (χ1) is 7.47. The van der Waals surface area contributed by atoms with Crippen LogP contribution in [0.15, 0.2) is 0 Å². The minimum atomic E-state index is -1.14. The van der Waals surface area contributed by atoms with Crippen LogP contribution in [0.1, 0.15) is 32.6 Å². The largest absolute Gasteiger partial charge is 0.369 e. The van der Waals surface area contributed by atoms with Crippen LogP contribution in [0.3, 0.4) is 0 Å². The van der Waals surface area contributed by atoms with Crippen molar-refractivity contribution in [2.75, 3.05) is 0 Å². The molecule has 2 N–H and O–H groups in total. The van der Waals surface area contributed by atoms with Gasteiger partial charge in [0.05, 0.1) is 5.92 Å². The molecule has 0 spiro atoms. The monoisotopic (exact) mass is 225 g/mol. The molecule has 1 aliphatic rings. The molecule has 0 aromatic carbocycles. The van der Waals surface area contributed by atoms with Crippen LogP contribution >= 0.6 is 0 Å². The van der Waals surface area contributed by atoms with Crippen LogP contribution in [-0.4, -0.2) is 23.3 Å². The molecule has 0 aromatic heterocycles. The van der Waals surface area contributed by atoms with Gasteiger partial charge in [-0.2, -0.15) is 0 Å². The lowest BCUT2D eigenvalue weighted by Crippen LogP contribution is -2.42. The van der Waals surface area contributed by atoms with Crippen molar-refractivity contribution in [1.29, 1.82) is 0 Å². The molecule has 1 aliphatic carbocycles. The summed E-state index contributed by atoms with van der Waals surface area (Å²) in [6.45, 7) is 1.81. The number of primary amides is 1. The van der Waals surface area contributed by atoms with Gasteiger partial charge >= 0.3 is 0 Å². The SMILES string of the molecule is CCCC(=O)C1C(=O)CC(C(N)=O)CC1=O. The van der Waals surface area contributed by atoms with E-state index in [2.05, 4.69) is 0 Å². The predicted molar refractivity (Wildman–Crippen MR) is 55.3 cm³/mol. The zero-order valence-corrected chi connectivity index (χ0v) is 9.19. The van der Waals surface area contributed by atoms with E-state index in [-0.39, 0.29) is 25.0 Å². The van der Waals surface area contributed by atoms with E-state index in [1.807, 2.05) is 6.92 Å². The third-order valence-corrected chi connectivity index (χ3v) is 2.76. The molecule has 0 atom stereocenters. The first-order valence-corrected chi connectivity index (χ1v) is 5.34. The van der Waals surface area contributed by atoms with Crippen LogP contribution in [0.4, 0.5) is 0 Å². The van der Waals surface area contributed by atoms with Gasteiger partial charge in [0.15, 0.2) is 17.3 Å². The Morgan fingerprint density at radius 3 is 2.12 bits per heavy atom.